The minimum atomic E-state index is -0.0212. The van der Waals surface area contributed by atoms with Crippen LogP contribution in [0.1, 0.15) is 37.4 Å². The Bertz CT molecular complexity index is 807. The second-order valence-corrected chi connectivity index (χ2v) is 6.77. The summed E-state index contributed by atoms with van der Waals surface area (Å²) < 4.78 is 1.82. The van der Waals surface area contributed by atoms with Crippen molar-refractivity contribution in [3.63, 3.8) is 0 Å². The molecule has 0 fully saturated rings. The molecule has 0 bridgehead atoms. The van der Waals surface area contributed by atoms with E-state index in [2.05, 4.69) is 29.2 Å². The Labute approximate surface area is 145 Å². The van der Waals surface area contributed by atoms with Crippen molar-refractivity contribution in [1.82, 2.24) is 14.8 Å². The summed E-state index contributed by atoms with van der Waals surface area (Å²) in [6.45, 7) is 4.18. The van der Waals surface area contributed by atoms with Gasteiger partial charge < -0.3 is 5.32 Å². The summed E-state index contributed by atoms with van der Waals surface area (Å²) in [5.41, 5.74) is 3.06. The summed E-state index contributed by atoms with van der Waals surface area (Å²) in [6, 6.07) is 9.92. The predicted octanol–water partition coefficient (Wildman–Crippen LogP) is 4.02. The summed E-state index contributed by atoms with van der Waals surface area (Å²) in [5, 5.41) is 9.87. The van der Waals surface area contributed by atoms with Crippen LogP contribution in [0.3, 0.4) is 0 Å². The highest BCUT2D eigenvalue weighted by molar-refractivity contribution is 7.13. The topological polar surface area (TPSA) is 59.8 Å². The Balaban J connectivity index is 1.54. The number of thiazole rings is 1. The maximum Gasteiger partial charge on any atom is 0.226 e. The molecule has 0 aliphatic heterocycles. The van der Waals surface area contributed by atoms with E-state index in [4.69, 9.17) is 0 Å². The molecule has 5 nitrogen and oxygen atoms in total. The van der Waals surface area contributed by atoms with Gasteiger partial charge in [-0.2, -0.15) is 5.10 Å². The van der Waals surface area contributed by atoms with Crippen molar-refractivity contribution in [3.05, 3.63) is 59.4 Å². The van der Waals surface area contributed by atoms with E-state index in [9.17, 15) is 4.79 Å². The first kappa shape index (κ1) is 16.4. The average molecular weight is 340 g/mol. The summed E-state index contributed by atoms with van der Waals surface area (Å²) in [7, 11) is 0. The molecule has 1 amide bonds. The van der Waals surface area contributed by atoms with Gasteiger partial charge in [0.1, 0.15) is 0 Å². The Morgan fingerprint density at radius 1 is 1.29 bits per heavy atom. The van der Waals surface area contributed by atoms with E-state index in [0.29, 0.717) is 23.9 Å². The number of carbonyl (C=O) groups excluding carboxylic acids is 1. The van der Waals surface area contributed by atoms with Crippen molar-refractivity contribution in [2.45, 2.75) is 32.6 Å². The monoisotopic (exact) mass is 340 g/mol. The van der Waals surface area contributed by atoms with Gasteiger partial charge >= 0.3 is 0 Å². The smallest absolute Gasteiger partial charge is 0.226 e. The van der Waals surface area contributed by atoms with Crippen molar-refractivity contribution < 1.29 is 4.79 Å². The lowest BCUT2D eigenvalue weighted by atomic mass is 10.2. The molecule has 3 aromatic rings. The maximum absolute atomic E-state index is 12.1. The number of benzene rings is 1. The molecule has 3 rings (SSSR count). The predicted molar refractivity (Wildman–Crippen MR) is 96.7 cm³/mol. The van der Waals surface area contributed by atoms with E-state index in [1.165, 1.54) is 11.3 Å². The zero-order chi connectivity index (χ0) is 16.9. The zero-order valence-electron chi connectivity index (χ0n) is 13.8. The molecule has 0 aliphatic rings. The molecule has 0 saturated carbocycles. The highest BCUT2D eigenvalue weighted by Gasteiger charge is 2.09. The van der Waals surface area contributed by atoms with E-state index in [1.807, 2.05) is 46.6 Å². The number of hydrogen-bond acceptors (Lipinski definition) is 4. The van der Waals surface area contributed by atoms with Crippen LogP contribution in [0.5, 0.6) is 0 Å². The lowest BCUT2D eigenvalue weighted by Gasteiger charge is -2.01. The van der Waals surface area contributed by atoms with Gasteiger partial charge in [-0.25, -0.2) is 9.67 Å². The van der Waals surface area contributed by atoms with Crippen molar-refractivity contribution in [3.8, 4) is 5.69 Å². The SMILES string of the molecule is CC(C)c1csc(NC(=O)CCc2cnn(-c3ccccc3)c2)n1. The third kappa shape index (κ3) is 4.08. The molecule has 6 heteroatoms. The van der Waals surface area contributed by atoms with Gasteiger partial charge in [0.25, 0.3) is 0 Å². The standard InChI is InChI=1S/C18H20N4OS/c1-13(2)16-12-24-18(20-16)21-17(23)9-8-14-10-19-22(11-14)15-6-4-3-5-7-15/h3-7,10-13H,8-9H2,1-2H3,(H,20,21,23). The Hall–Kier alpha value is -2.47. The number of aromatic nitrogens is 3. The molecule has 2 aromatic heterocycles. The van der Waals surface area contributed by atoms with Crippen LogP contribution in [-0.4, -0.2) is 20.7 Å². The van der Waals surface area contributed by atoms with E-state index in [0.717, 1.165) is 16.9 Å². The fraction of sp³-hybridized carbons (Fsp3) is 0.278. The van der Waals surface area contributed by atoms with E-state index in [-0.39, 0.29) is 5.91 Å². The Kier molecular flexibility index (Phi) is 5.05. The molecule has 0 unspecified atom stereocenters. The molecule has 124 valence electrons. The van der Waals surface area contributed by atoms with Gasteiger partial charge in [0, 0.05) is 18.0 Å². The number of rotatable bonds is 6. The zero-order valence-corrected chi connectivity index (χ0v) is 14.6. The highest BCUT2D eigenvalue weighted by atomic mass is 32.1. The molecule has 2 heterocycles. The van der Waals surface area contributed by atoms with Gasteiger partial charge in [-0.05, 0) is 30.0 Å². The lowest BCUT2D eigenvalue weighted by Crippen LogP contribution is -2.12. The van der Waals surface area contributed by atoms with E-state index in [1.54, 1.807) is 6.20 Å². The number of nitrogens with zero attached hydrogens (tertiary/aromatic N) is 3. The van der Waals surface area contributed by atoms with E-state index >= 15 is 0 Å². The van der Waals surface area contributed by atoms with Gasteiger partial charge in [-0.1, -0.05) is 32.0 Å². The molecule has 0 atom stereocenters. The van der Waals surface area contributed by atoms with E-state index < -0.39 is 0 Å². The lowest BCUT2D eigenvalue weighted by molar-refractivity contribution is -0.116. The molecule has 24 heavy (non-hydrogen) atoms. The van der Waals surface area contributed by atoms with Gasteiger partial charge in [0.15, 0.2) is 5.13 Å². The molecule has 0 radical (unpaired) electrons. The molecular formula is C18H20N4OS. The minimum absolute atomic E-state index is 0.0212. The van der Waals surface area contributed by atoms with Gasteiger partial charge in [-0.3, -0.25) is 4.79 Å². The van der Waals surface area contributed by atoms with Crippen LogP contribution in [0.25, 0.3) is 5.69 Å². The van der Waals surface area contributed by atoms with Gasteiger partial charge in [0.2, 0.25) is 5.91 Å². The number of carbonyl (C=O) groups is 1. The van der Waals surface area contributed by atoms with Crippen LogP contribution in [0, 0.1) is 0 Å². The minimum Gasteiger partial charge on any atom is -0.302 e. The third-order valence-corrected chi connectivity index (χ3v) is 4.43. The summed E-state index contributed by atoms with van der Waals surface area (Å²) in [4.78, 5) is 16.5. The van der Waals surface area contributed by atoms with Crippen LogP contribution >= 0.6 is 11.3 Å². The highest BCUT2D eigenvalue weighted by Crippen LogP contribution is 2.21. The largest absolute Gasteiger partial charge is 0.302 e. The first-order valence-corrected chi connectivity index (χ1v) is 8.84. The van der Waals surface area contributed by atoms with Crippen LogP contribution in [0.2, 0.25) is 0 Å². The number of para-hydroxylation sites is 1. The molecule has 0 spiro atoms. The summed E-state index contributed by atoms with van der Waals surface area (Å²) >= 11 is 1.47. The molecule has 1 N–H and O–H groups in total. The van der Waals surface area contributed by atoms with Crippen molar-refractivity contribution >= 4 is 22.4 Å². The number of aryl methyl sites for hydroxylation is 1. The van der Waals surface area contributed by atoms with Gasteiger partial charge in [0.05, 0.1) is 17.6 Å². The number of nitrogens with one attached hydrogen (secondary N) is 1. The third-order valence-electron chi connectivity index (χ3n) is 3.66. The normalized spacial score (nSPS) is 11.0. The molecular weight excluding hydrogens is 320 g/mol. The number of hydrogen-bond donors (Lipinski definition) is 1. The van der Waals surface area contributed by atoms with Crippen molar-refractivity contribution in [2.75, 3.05) is 5.32 Å². The van der Waals surface area contributed by atoms with Crippen LogP contribution in [-0.2, 0) is 11.2 Å². The molecule has 0 saturated heterocycles. The molecule has 0 aliphatic carbocycles. The van der Waals surface area contributed by atoms with Crippen molar-refractivity contribution in [1.29, 1.82) is 0 Å². The Morgan fingerprint density at radius 2 is 2.08 bits per heavy atom. The first-order valence-electron chi connectivity index (χ1n) is 7.96. The first-order chi connectivity index (χ1) is 11.6. The van der Waals surface area contributed by atoms with Gasteiger partial charge in [-0.15, -0.1) is 11.3 Å². The second-order valence-electron chi connectivity index (χ2n) is 5.91. The number of amides is 1. The summed E-state index contributed by atoms with van der Waals surface area (Å²) in [5.74, 6) is 0.350. The van der Waals surface area contributed by atoms with Crippen molar-refractivity contribution in [2.24, 2.45) is 0 Å². The Morgan fingerprint density at radius 3 is 2.79 bits per heavy atom. The fourth-order valence-corrected chi connectivity index (χ4v) is 3.15. The maximum atomic E-state index is 12.1. The summed E-state index contributed by atoms with van der Waals surface area (Å²) in [6.07, 6.45) is 4.83. The van der Waals surface area contributed by atoms with Crippen LogP contribution < -0.4 is 5.32 Å². The fourth-order valence-electron chi connectivity index (χ4n) is 2.26. The second kappa shape index (κ2) is 7.40. The quantitative estimate of drug-likeness (QED) is 0.737. The number of anilines is 1. The molecule has 1 aromatic carbocycles. The van der Waals surface area contributed by atoms with Crippen LogP contribution in [0.4, 0.5) is 5.13 Å². The van der Waals surface area contributed by atoms with Crippen LogP contribution in [0.15, 0.2) is 48.1 Å². The average Bonchev–Trinajstić information content (AvgIpc) is 3.23.